The first kappa shape index (κ1) is 18.9. The van der Waals surface area contributed by atoms with Gasteiger partial charge in [0.25, 0.3) is 5.91 Å². The van der Waals surface area contributed by atoms with Gasteiger partial charge in [0.1, 0.15) is 5.82 Å². The first-order chi connectivity index (χ1) is 12.9. The average Bonchev–Trinajstić information content (AvgIpc) is 2.86. The topological polar surface area (TPSA) is 46.6 Å². The molecule has 0 unspecified atom stereocenters. The van der Waals surface area contributed by atoms with Crippen molar-refractivity contribution in [1.82, 2.24) is 0 Å². The number of esters is 1. The zero-order chi connectivity index (χ0) is 19.6. The highest BCUT2D eigenvalue weighted by Gasteiger charge is 2.38. The Morgan fingerprint density at radius 1 is 1.22 bits per heavy atom. The second-order valence-corrected chi connectivity index (χ2v) is 6.35. The van der Waals surface area contributed by atoms with Crippen LogP contribution < -0.4 is 4.90 Å². The lowest BCUT2D eigenvalue weighted by atomic mass is 10.0. The Morgan fingerprint density at radius 2 is 1.93 bits per heavy atom. The van der Waals surface area contributed by atoms with Crippen molar-refractivity contribution in [2.75, 3.05) is 11.5 Å². The van der Waals surface area contributed by atoms with Crippen LogP contribution in [0.15, 0.2) is 65.4 Å². The Kier molecular flexibility index (Phi) is 5.42. The van der Waals surface area contributed by atoms with E-state index in [1.807, 2.05) is 0 Å². The first-order valence-electron chi connectivity index (χ1n) is 8.38. The fraction of sp³-hybridized carbons (Fsp3) is 0.143. The summed E-state index contributed by atoms with van der Waals surface area (Å²) in [6, 6.07) is 12.5. The van der Waals surface area contributed by atoms with E-state index in [2.05, 4.69) is 0 Å². The molecule has 27 heavy (non-hydrogen) atoms. The van der Waals surface area contributed by atoms with Crippen molar-refractivity contribution in [3.63, 3.8) is 0 Å². The lowest BCUT2D eigenvalue weighted by Crippen LogP contribution is -2.24. The monoisotopic (exact) mass is 385 g/mol. The largest absolute Gasteiger partial charge is 0.462 e. The normalized spacial score (nSPS) is 15.6. The van der Waals surface area contributed by atoms with Crippen molar-refractivity contribution in [2.24, 2.45) is 0 Å². The maximum absolute atomic E-state index is 13.5. The average molecular weight is 386 g/mol. The van der Waals surface area contributed by atoms with Crippen LogP contribution >= 0.6 is 11.6 Å². The highest BCUT2D eigenvalue weighted by atomic mass is 35.5. The lowest BCUT2D eigenvalue weighted by molar-refractivity contribution is -0.138. The molecule has 0 bridgehead atoms. The van der Waals surface area contributed by atoms with E-state index in [0.717, 1.165) is 0 Å². The predicted molar refractivity (Wildman–Crippen MR) is 103 cm³/mol. The van der Waals surface area contributed by atoms with Crippen LogP contribution in [-0.4, -0.2) is 18.5 Å². The fourth-order valence-corrected chi connectivity index (χ4v) is 3.07. The molecule has 1 amide bonds. The molecule has 0 N–H and O–H groups in total. The van der Waals surface area contributed by atoms with Crippen molar-refractivity contribution in [1.29, 1.82) is 0 Å². The zero-order valence-electron chi connectivity index (χ0n) is 14.8. The second kappa shape index (κ2) is 7.76. The number of rotatable bonds is 4. The third kappa shape index (κ3) is 3.78. The van der Waals surface area contributed by atoms with E-state index >= 15 is 0 Å². The van der Waals surface area contributed by atoms with Gasteiger partial charge in [-0.3, -0.25) is 9.69 Å². The van der Waals surface area contributed by atoms with Crippen LogP contribution in [0.3, 0.4) is 0 Å². The smallest absolute Gasteiger partial charge is 0.340 e. The molecule has 2 aromatic carbocycles. The molecule has 0 saturated heterocycles. The molecular formula is C21H17ClFNO3. The van der Waals surface area contributed by atoms with Crippen molar-refractivity contribution in [2.45, 2.75) is 13.8 Å². The summed E-state index contributed by atoms with van der Waals surface area (Å²) in [7, 11) is 0. The molecule has 0 aromatic heterocycles. The van der Waals surface area contributed by atoms with Gasteiger partial charge in [0, 0.05) is 16.4 Å². The van der Waals surface area contributed by atoms with Gasteiger partial charge >= 0.3 is 5.97 Å². The first-order valence-corrected chi connectivity index (χ1v) is 8.75. The van der Waals surface area contributed by atoms with Gasteiger partial charge in [-0.05, 0) is 61.9 Å². The molecule has 0 spiro atoms. The quantitative estimate of drug-likeness (QED) is 0.563. The number of halogens is 2. The number of carbonyl (C=O) groups excluding carboxylic acids is 2. The summed E-state index contributed by atoms with van der Waals surface area (Å²) in [4.78, 5) is 27.0. The van der Waals surface area contributed by atoms with E-state index in [4.69, 9.17) is 16.3 Å². The number of allylic oxidation sites excluding steroid dienone is 1. The lowest BCUT2D eigenvalue weighted by Gasteiger charge is -2.17. The minimum absolute atomic E-state index is 0.159. The standard InChI is InChI=1S/C21H17ClFNO3/c1-3-27-21(26)19-13(2)24(17-9-7-15(22)8-10-17)20(25)18(19)12-14-5-4-6-16(23)11-14/h4-12H,3H2,1-2H3/b18-12-. The summed E-state index contributed by atoms with van der Waals surface area (Å²) < 4.78 is 18.7. The Morgan fingerprint density at radius 3 is 2.56 bits per heavy atom. The molecule has 3 rings (SSSR count). The number of ether oxygens (including phenoxy) is 1. The summed E-state index contributed by atoms with van der Waals surface area (Å²) in [5.74, 6) is -1.41. The van der Waals surface area contributed by atoms with Gasteiger partial charge < -0.3 is 4.74 Å². The van der Waals surface area contributed by atoms with Crippen LogP contribution in [0, 0.1) is 5.82 Å². The number of benzene rings is 2. The van der Waals surface area contributed by atoms with Crippen molar-refractivity contribution >= 4 is 35.2 Å². The fourth-order valence-electron chi connectivity index (χ4n) is 2.95. The molecule has 4 nitrogen and oxygen atoms in total. The molecule has 1 heterocycles. The molecule has 2 aromatic rings. The molecule has 1 aliphatic rings. The van der Waals surface area contributed by atoms with Crippen molar-refractivity contribution in [3.8, 4) is 0 Å². The zero-order valence-corrected chi connectivity index (χ0v) is 15.6. The molecule has 0 aliphatic carbocycles. The minimum Gasteiger partial charge on any atom is -0.462 e. The van der Waals surface area contributed by atoms with Gasteiger partial charge in [-0.25, -0.2) is 9.18 Å². The van der Waals surface area contributed by atoms with E-state index in [-0.39, 0.29) is 23.7 Å². The summed E-state index contributed by atoms with van der Waals surface area (Å²) in [5, 5.41) is 0.535. The third-order valence-corrected chi connectivity index (χ3v) is 4.38. The van der Waals surface area contributed by atoms with Gasteiger partial charge in [-0.15, -0.1) is 0 Å². The van der Waals surface area contributed by atoms with E-state index in [0.29, 0.717) is 22.0 Å². The van der Waals surface area contributed by atoms with Crippen molar-refractivity contribution in [3.05, 3.63) is 81.8 Å². The molecule has 6 heteroatoms. The molecular weight excluding hydrogens is 369 g/mol. The molecule has 138 valence electrons. The third-order valence-electron chi connectivity index (χ3n) is 4.12. The van der Waals surface area contributed by atoms with Crippen LogP contribution in [0.5, 0.6) is 0 Å². The van der Waals surface area contributed by atoms with Gasteiger partial charge in [0.05, 0.1) is 17.8 Å². The summed E-state index contributed by atoms with van der Waals surface area (Å²) in [6.07, 6.45) is 1.50. The van der Waals surface area contributed by atoms with E-state index in [9.17, 15) is 14.0 Å². The predicted octanol–water partition coefficient (Wildman–Crippen LogP) is 4.75. The number of amides is 1. The summed E-state index contributed by atoms with van der Waals surface area (Å²) in [6.45, 7) is 3.54. The number of hydrogen-bond acceptors (Lipinski definition) is 3. The summed E-state index contributed by atoms with van der Waals surface area (Å²) in [5.41, 5.74) is 1.83. The Labute approximate surface area is 161 Å². The summed E-state index contributed by atoms with van der Waals surface area (Å²) >= 11 is 5.93. The number of hydrogen-bond donors (Lipinski definition) is 0. The Bertz CT molecular complexity index is 964. The number of carbonyl (C=O) groups is 2. The highest BCUT2D eigenvalue weighted by Crippen LogP contribution is 2.35. The van der Waals surface area contributed by atoms with Gasteiger partial charge in [0.2, 0.25) is 0 Å². The molecule has 0 atom stereocenters. The van der Waals surface area contributed by atoms with Crippen molar-refractivity contribution < 1.29 is 18.7 Å². The molecule has 1 aliphatic heterocycles. The molecule has 0 fully saturated rings. The van der Waals surface area contributed by atoms with Crippen LogP contribution in [0.1, 0.15) is 19.4 Å². The van der Waals surface area contributed by atoms with E-state index in [1.54, 1.807) is 50.2 Å². The number of anilines is 1. The van der Waals surface area contributed by atoms with Crippen LogP contribution in [0.2, 0.25) is 5.02 Å². The molecule has 0 saturated carbocycles. The maximum Gasteiger partial charge on any atom is 0.340 e. The Balaban J connectivity index is 2.12. The molecule has 0 radical (unpaired) electrons. The van der Waals surface area contributed by atoms with Crippen LogP contribution in [0.4, 0.5) is 10.1 Å². The van der Waals surface area contributed by atoms with Crippen LogP contribution in [0.25, 0.3) is 6.08 Å². The Hall–Kier alpha value is -2.92. The van der Waals surface area contributed by atoms with Gasteiger partial charge in [-0.1, -0.05) is 23.7 Å². The highest BCUT2D eigenvalue weighted by molar-refractivity contribution is 6.30. The van der Waals surface area contributed by atoms with E-state index in [1.165, 1.54) is 23.1 Å². The second-order valence-electron chi connectivity index (χ2n) is 5.91. The minimum atomic E-state index is -0.595. The number of nitrogens with zero attached hydrogens (tertiary/aromatic N) is 1. The van der Waals surface area contributed by atoms with Crippen LogP contribution in [-0.2, 0) is 14.3 Å². The van der Waals surface area contributed by atoms with E-state index < -0.39 is 11.8 Å². The van der Waals surface area contributed by atoms with Gasteiger partial charge in [0.15, 0.2) is 0 Å². The SMILES string of the molecule is CCOC(=O)C1=C(C)N(c2ccc(Cl)cc2)C(=O)/C1=C\c1cccc(F)c1. The van der Waals surface area contributed by atoms with Gasteiger partial charge in [-0.2, -0.15) is 0 Å². The maximum atomic E-state index is 13.5.